The van der Waals surface area contributed by atoms with Gasteiger partial charge in [0.05, 0.1) is 5.75 Å². The maximum Gasteiger partial charge on any atom is 0.230 e. The third-order valence-electron chi connectivity index (χ3n) is 3.53. The zero-order valence-electron chi connectivity index (χ0n) is 12.5. The van der Waals surface area contributed by atoms with Crippen LogP contribution in [0.4, 0.5) is 0 Å². The second kappa shape index (κ2) is 9.06. The molecule has 0 atom stereocenters. The third kappa shape index (κ3) is 5.89. The van der Waals surface area contributed by atoms with Gasteiger partial charge in [0, 0.05) is 36.8 Å². The number of carbonyl (C=O) groups is 2. The van der Waals surface area contributed by atoms with E-state index in [9.17, 15) is 9.59 Å². The Kier molecular flexibility index (Phi) is 7.06. The number of nitrogens with zero attached hydrogens (tertiary/aromatic N) is 1. The summed E-state index contributed by atoms with van der Waals surface area (Å²) in [6, 6.07) is 7.62. The molecule has 1 saturated heterocycles. The van der Waals surface area contributed by atoms with Crippen molar-refractivity contribution >= 4 is 35.2 Å². The van der Waals surface area contributed by atoms with Crippen LogP contribution in [0.25, 0.3) is 0 Å². The second-order valence-corrected chi connectivity index (χ2v) is 6.73. The third-order valence-corrected chi connectivity index (χ3v) is 4.79. The summed E-state index contributed by atoms with van der Waals surface area (Å²) in [6.07, 6.45) is 2.59. The van der Waals surface area contributed by atoms with Gasteiger partial charge in [0.1, 0.15) is 0 Å². The van der Waals surface area contributed by atoms with Crippen molar-refractivity contribution in [1.82, 2.24) is 10.2 Å². The molecule has 0 bridgehead atoms. The molecule has 2 rings (SSSR count). The van der Waals surface area contributed by atoms with E-state index in [1.54, 1.807) is 11.8 Å². The molecule has 1 aromatic rings. The standard InChI is InChI=1S/C16H21ClN2O2S/c17-14-5-3-13(4-6-14)11-22-12-15(20)18-8-7-16(21)19-9-1-2-10-19/h3-6H,1-2,7-12H2,(H,18,20). The van der Waals surface area contributed by atoms with E-state index in [0.717, 1.165) is 37.2 Å². The highest BCUT2D eigenvalue weighted by Crippen LogP contribution is 2.15. The molecule has 0 unspecified atom stereocenters. The quantitative estimate of drug-likeness (QED) is 0.830. The highest BCUT2D eigenvalue weighted by atomic mass is 35.5. The Bertz CT molecular complexity index is 501. The zero-order chi connectivity index (χ0) is 15.8. The van der Waals surface area contributed by atoms with Gasteiger partial charge in [0.15, 0.2) is 0 Å². The Morgan fingerprint density at radius 1 is 1.18 bits per heavy atom. The van der Waals surface area contributed by atoms with E-state index in [1.807, 2.05) is 29.2 Å². The van der Waals surface area contributed by atoms with Crippen LogP contribution in [0.5, 0.6) is 0 Å². The van der Waals surface area contributed by atoms with Gasteiger partial charge in [-0.15, -0.1) is 11.8 Å². The van der Waals surface area contributed by atoms with E-state index in [0.29, 0.717) is 23.7 Å². The van der Waals surface area contributed by atoms with Gasteiger partial charge >= 0.3 is 0 Å². The summed E-state index contributed by atoms with van der Waals surface area (Å²) >= 11 is 7.38. The van der Waals surface area contributed by atoms with Gasteiger partial charge < -0.3 is 10.2 Å². The van der Waals surface area contributed by atoms with Crippen molar-refractivity contribution in [2.75, 3.05) is 25.4 Å². The van der Waals surface area contributed by atoms with E-state index < -0.39 is 0 Å². The first-order valence-electron chi connectivity index (χ1n) is 7.52. The summed E-state index contributed by atoms with van der Waals surface area (Å²) in [5.74, 6) is 1.30. The number of thioether (sulfide) groups is 1. The normalized spacial score (nSPS) is 14.1. The predicted molar refractivity (Wildman–Crippen MR) is 91.1 cm³/mol. The Hall–Kier alpha value is -1.20. The lowest BCUT2D eigenvalue weighted by Gasteiger charge is -2.15. The molecule has 6 heteroatoms. The number of likely N-dealkylation sites (tertiary alicyclic amines) is 1. The van der Waals surface area contributed by atoms with E-state index in [1.165, 1.54) is 0 Å². The maximum atomic E-state index is 11.8. The zero-order valence-corrected chi connectivity index (χ0v) is 14.1. The lowest BCUT2D eigenvalue weighted by atomic mass is 10.2. The van der Waals surface area contributed by atoms with Crippen LogP contribution in [-0.4, -0.2) is 42.1 Å². The Labute approximate surface area is 140 Å². The molecule has 120 valence electrons. The number of hydrogen-bond acceptors (Lipinski definition) is 3. The predicted octanol–water partition coefficient (Wildman–Crippen LogP) is 2.70. The average Bonchev–Trinajstić information content (AvgIpc) is 3.03. The molecular formula is C16H21ClN2O2S. The van der Waals surface area contributed by atoms with Crippen molar-refractivity contribution in [3.8, 4) is 0 Å². The Morgan fingerprint density at radius 2 is 1.86 bits per heavy atom. The van der Waals surface area contributed by atoms with Crippen molar-refractivity contribution in [2.45, 2.75) is 25.0 Å². The number of halogens is 1. The average molecular weight is 341 g/mol. The van der Waals surface area contributed by atoms with Crippen LogP contribution in [0, 0.1) is 0 Å². The second-order valence-electron chi connectivity index (χ2n) is 5.31. The largest absolute Gasteiger partial charge is 0.355 e. The van der Waals surface area contributed by atoms with Gasteiger partial charge in [0.2, 0.25) is 11.8 Å². The molecule has 1 heterocycles. The van der Waals surface area contributed by atoms with Crippen molar-refractivity contribution in [3.05, 3.63) is 34.9 Å². The molecule has 0 radical (unpaired) electrons. The molecule has 0 aromatic heterocycles. The first-order chi connectivity index (χ1) is 10.6. The van der Waals surface area contributed by atoms with Crippen molar-refractivity contribution in [3.63, 3.8) is 0 Å². The molecule has 1 aliphatic heterocycles. The van der Waals surface area contributed by atoms with Gasteiger partial charge in [-0.1, -0.05) is 23.7 Å². The molecule has 1 fully saturated rings. The number of benzene rings is 1. The summed E-state index contributed by atoms with van der Waals surface area (Å²) in [4.78, 5) is 25.4. The van der Waals surface area contributed by atoms with E-state index in [4.69, 9.17) is 11.6 Å². The van der Waals surface area contributed by atoms with Crippen LogP contribution < -0.4 is 5.32 Å². The summed E-state index contributed by atoms with van der Waals surface area (Å²) in [7, 11) is 0. The van der Waals surface area contributed by atoms with Crippen LogP contribution in [0.1, 0.15) is 24.8 Å². The van der Waals surface area contributed by atoms with Crippen molar-refractivity contribution in [2.24, 2.45) is 0 Å². The van der Waals surface area contributed by atoms with E-state index >= 15 is 0 Å². The first kappa shape index (κ1) is 17.2. The summed E-state index contributed by atoms with van der Waals surface area (Å²) in [5, 5.41) is 3.52. The fourth-order valence-electron chi connectivity index (χ4n) is 2.33. The molecule has 2 amide bonds. The minimum absolute atomic E-state index is 0.0202. The SMILES string of the molecule is O=C(CSCc1ccc(Cl)cc1)NCCC(=O)N1CCCC1. The lowest BCUT2D eigenvalue weighted by molar-refractivity contribution is -0.130. The topological polar surface area (TPSA) is 49.4 Å². The van der Waals surface area contributed by atoms with Crippen LogP contribution >= 0.6 is 23.4 Å². The Balaban J connectivity index is 1.55. The highest BCUT2D eigenvalue weighted by Gasteiger charge is 2.17. The number of nitrogens with one attached hydrogen (secondary N) is 1. The molecular weight excluding hydrogens is 320 g/mol. The van der Waals surface area contributed by atoms with Gasteiger partial charge in [-0.3, -0.25) is 9.59 Å². The fraction of sp³-hybridized carbons (Fsp3) is 0.500. The minimum atomic E-state index is -0.0202. The molecule has 1 aromatic carbocycles. The summed E-state index contributed by atoms with van der Waals surface area (Å²) in [5.41, 5.74) is 1.14. The molecule has 1 aliphatic rings. The highest BCUT2D eigenvalue weighted by molar-refractivity contribution is 7.99. The molecule has 4 nitrogen and oxygen atoms in total. The first-order valence-corrected chi connectivity index (χ1v) is 9.05. The number of rotatable bonds is 7. The van der Waals surface area contributed by atoms with Gasteiger partial charge in [0.25, 0.3) is 0 Å². The van der Waals surface area contributed by atoms with Crippen LogP contribution in [0.3, 0.4) is 0 Å². The molecule has 0 saturated carbocycles. The number of amides is 2. The van der Waals surface area contributed by atoms with Crippen LogP contribution in [-0.2, 0) is 15.3 Å². The Morgan fingerprint density at radius 3 is 2.55 bits per heavy atom. The number of carbonyl (C=O) groups excluding carboxylic acids is 2. The van der Waals surface area contributed by atoms with Crippen molar-refractivity contribution < 1.29 is 9.59 Å². The fourth-order valence-corrected chi connectivity index (χ4v) is 3.27. The van der Waals surface area contributed by atoms with Gasteiger partial charge in [-0.25, -0.2) is 0 Å². The van der Waals surface area contributed by atoms with Gasteiger partial charge in [-0.2, -0.15) is 0 Å². The number of hydrogen-bond donors (Lipinski definition) is 1. The molecule has 0 aliphatic carbocycles. The summed E-state index contributed by atoms with van der Waals surface area (Å²) in [6.45, 7) is 2.16. The minimum Gasteiger partial charge on any atom is -0.355 e. The van der Waals surface area contributed by atoms with Crippen LogP contribution in [0.2, 0.25) is 5.02 Å². The van der Waals surface area contributed by atoms with Crippen molar-refractivity contribution in [1.29, 1.82) is 0 Å². The van der Waals surface area contributed by atoms with E-state index in [2.05, 4.69) is 5.32 Å². The van der Waals surface area contributed by atoms with Crippen LogP contribution in [0.15, 0.2) is 24.3 Å². The van der Waals surface area contributed by atoms with E-state index in [-0.39, 0.29) is 11.8 Å². The molecule has 1 N–H and O–H groups in total. The lowest BCUT2D eigenvalue weighted by Crippen LogP contribution is -2.33. The maximum absolute atomic E-state index is 11.8. The smallest absolute Gasteiger partial charge is 0.230 e. The molecule has 22 heavy (non-hydrogen) atoms. The summed E-state index contributed by atoms with van der Waals surface area (Å²) < 4.78 is 0. The van der Waals surface area contributed by atoms with Gasteiger partial charge in [-0.05, 0) is 30.5 Å². The monoisotopic (exact) mass is 340 g/mol. The molecule has 0 spiro atoms.